The van der Waals surface area contributed by atoms with Gasteiger partial charge < -0.3 is 15.0 Å². The van der Waals surface area contributed by atoms with Crippen LogP contribution in [0.25, 0.3) is 0 Å². The molecule has 86 valence electrons. The van der Waals surface area contributed by atoms with Crippen molar-refractivity contribution in [2.24, 2.45) is 0 Å². The SMILES string of the molecule is O=C(c1cccc(=O)[nH]1)N1CCCC(O)C1. The average Bonchev–Trinajstić information content (AvgIpc) is 2.28. The Morgan fingerprint density at radius 1 is 1.50 bits per heavy atom. The number of carbonyl (C=O) groups excluding carboxylic acids is 1. The molecule has 5 heteroatoms. The monoisotopic (exact) mass is 222 g/mol. The molecule has 0 saturated carbocycles. The Balaban J connectivity index is 2.15. The van der Waals surface area contributed by atoms with E-state index in [-0.39, 0.29) is 17.2 Å². The van der Waals surface area contributed by atoms with Crippen LogP contribution < -0.4 is 5.56 Å². The predicted octanol–water partition coefficient (Wildman–Crippen LogP) is -0.0282. The van der Waals surface area contributed by atoms with E-state index in [2.05, 4.69) is 4.98 Å². The first kappa shape index (κ1) is 10.9. The molecule has 1 aliphatic heterocycles. The number of carbonyl (C=O) groups is 1. The lowest BCUT2D eigenvalue weighted by Gasteiger charge is -2.29. The van der Waals surface area contributed by atoms with E-state index in [0.717, 1.165) is 12.8 Å². The third-order valence-corrected chi connectivity index (χ3v) is 2.68. The van der Waals surface area contributed by atoms with Gasteiger partial charge in [0.15, 0.2) is 0 Å². The van der Waals surface area contributed by atoms with E-state index in [4.69, 9.17) is 0 Å². The Morgan fingerprint density at radius 3 is 3.00 bits per heavy atom. The fourth-order valence-corrected chi connectivity index (χ4v) is 1.88. The van der Waals surface area contributed by atoms with Crippen molar-refractivity contribution in [3.63, 3.8) is 0 Å². The van der Waals surface area contributed by atoms with Gasteiger partial charge >= 0.3 is 0 Å². The maximum Gasteiger partial charge on any atom is 0.270 e. The lowest BCUT2D eigenvalue weighted by Crippen LogP contribution is -2.42. The summed E-state index contributed by atoms with van der Waals surface area (Å²) < 4.78 is 0. The number of likely N-dealkylation sites (tertiary alicyclic amines) is 1. The number of H-pyrrole nitrogens is 1. The van der Waals surface area contributed by atoms with Gasteiger partial charge in [-0.05, 0) is 18.9 Å². The molecule has 1 fully saturated rings. The fraction of sp³-hybridized carbons (Fsp3) is 0.455. The standard InChI is InChI=1S/C11H14N2O3/c14-8-3-2-6-13(7-8)11(16)9-4-1-5-10(15)12-9/h1,4-5,8,14H,2-3,6-7H2,(H,12,15). The van der Waals surface area contributed by atoms with Gasteiger partial charge in [0, 0.05) is 19.2 Å². The molecule has 2 heterocycles. The first-order valence-corrected chi connectivity index (χ1v) is 5.33. The van der Waals surface area contributed by atoms with Crippen molar-refractivity contribution in [1.29, 1.82) is 0 Å². The van der Waals surface area contributed by atoms with Gasteiger partial charge in [0.2, 0.25) is 5.56 Å². The van der Waals surface area contributed by atoms with Crippen LogP contribution in [0.4, 0.5) is 0 Å². The summed E-state index contributed by atoms with van der Waals surface area (Å²) >= 11 is 0. The topological polar surface area (TPSA) is 73.4 Å². The van der Waals surface area contributed by atoms with Crippen molar-refractivity contribution in [3.8, 4) is 0 Å². The van der Waals surface area contributed by atoms with Crippen LogP contribution in [0.5, 0.6) is 0 Å². The van der Waals surface area contributed by atoms with Gasteiger partial charge in [-0.25, -0.2) is 0 Å². The second kappa shape index (κ2) is 4.49. The summed E-state index contributed by atoms with van der Waals surface area (Å²) in [6, 6.07) is 4.49. The van der Waals surface area contributed by atoms with Gasteiger partial charge in [-0.3, -0.25) is 9.59 Å². The molecule has 2 N–H and O–H groups in total. The number of amides is 1. The predicted molar refractivity (Wildman–Crippen MR) is 58.2 cm³/mol. The summed E-state index contributed by atoms with van der Waals surface area (Å²) in [4.78, 5) is 27.1. The van der Waals surface area contributed by atoms with E-state index < -0.39 is 6.10 Å². The molecule has 0 aliphatic carbocycles. The Bertz CT molecular complexity index is 441. The highest BCUT2D eigenvalue weighted by molar-refractivity contribution is 5.92. The highest BCUT2D eigenvalue weighted by Crippen LogP contribution is 2.12. The molecule has 2 rings (SSSR count). The van der Waals surface area contributed by atoms with Gasteiger partial charge in [-0.2, -0.15) is 0 Å². The van der Waals surface area contributed by atoms with E-state index in [0.29, 0.717) is 13.1 Å². The minimum absolute atomic E-state index is 0.226. The summed E-state index contributed by atoms with van der Waals surface area (Å²) in [6.07, 6.45) is 1.08. The Labute approximate surface area is 92.7 Å². The summed E-state index contributed by atoms with van der Waals surface area (Å²) in [5.74, 6) is -0.226. The zero-order valence-electron chi connectivity index (χ0n) is 8.85. The smallest absolute Gasteiger partial charge is 0.270 e. The molecule has 0 aromatic carbocycles. The number of aliphatic hydroxyl groups is 1. The molecule has 1 amide bonds. The third kappa shape index (κ3) is 2.30. The molecule has 1 aliphatic rings. The minimum Gasteiger partial charge on any atom is -0.391 e. The van der Waals surface area contributed by atoms with Crippen molar-refractivity contribution >= 4 is 5.91 Å². The van der Waals surface area contributed by atoms with Gasteiger partial charge in [0.05, 0.1) is 6.10 Å². The van der Waals surface area contributed by atoms with Crippen molar-refractivity contribution in [2.45, 2.75) is 18.9 Å². The molecule has 0 radical (unpaired) electrons. The van der Waals surface area contributed by atoms with Crippen LogP contribution in [0.3, 0.4) is 0 Å². The van der Waals surface area contributed by atoms with E-state index in [1.54, 1.807) is 17.0 Å². The molecule has 0 spiro atoms. The maximum absolute atomic E-state index is 11.9. The number of hydrogen-bond donors (Lipinski definition) is 2. The first-order chi connectivity index (χ1) is 7.66. The Kier molecular flexibility index (Phi) is 3.05. The Hall–Kier alpha value is -1.62. The van der Waals surface area contributed by atoms with E-state index in [1.807, 2.05) is 0 Å². The molecule has 1 aromatic heterocycles. The van der Waals surface area contributed by atoms with Gasteiger partial charge in [0.25, 0.3) is 5.91 Å². The molecule has 1 atom stereocenters. The summed E-state index contributed by atoms with van der Waals surface area (Å²) in [5, 5.41) is 9.46. The zero-order chi connectivity index (χ0) is 11.5. The number of pyridine rings is 1. The summed E-state index contributed by atoms with van der Waals surface area (Å²) in [5.41, 5.74) is -0.00925. The molecular formula is C11H14N2O3. The third-order valence-electron chi connectivity index (χ3n) is 2.68. The van der Waals surface area contributed by atoms with Crippen LogP contribution in [0.2, 0.25) is 0 Å². The number of rotatable bonds is 1. The maximum atomic E-state index is 11.9. The number of hydrogen-bond acceptors (Lipinski definition) is 3. The molecule has 5 nitrogen and oxygen atoms in total. The van der Waals surface area contributed by atoms with Crippen LogP contribution in [-0.4, -0.2) is 40.1 Å². The average molecular weight is 222 g/mol. The minimum atomic E-state index is -0.451. The number of nitrogens with one attached hydrogen (secondary N) is 1. The molecular weight excluding hydrogens is 208 g/mol. The van der Waals surface area contributed by atoms with Gasteiger partial charge in [-0.1, -0.05) is 6.07 Å². The number of piperidine rings is 1. The second-order valence-corrected chi connectivity index (χ2v) is 3.98. The van der Waals surface area contributed by atoms with E-state index in [9.17, 15) is 14.7 Å². The van der Waals surface area contributed by atoms with E-state index >= 15 is 0 Å². The van der Waals surface area contributed by atoms with Gasteiger partial charge in [0.1, 0.15) is 5.69 Å². The Morgan fingerprint density at radius 2 is 2.31 bits per heavy atom. The molecule has 16 heavy (non-hydrogen) atoms. The number of β-amino-alcohol motifs (C(OH)–C–C–N with tert-alkyl or cyclic N) is 1. The van der Waals surface area contributed by atoms with Crippen molar-refractivity contribution in [1.82, 2.24) is 9.88 Å². The molecule has 0 bridgehead atoms. The van der Waals surface area contributed by atoms with E-state index in [1.165, 1.54) is 6.07 Å². The zero-order valence-corrected chi connectivity index (χ0v) is 8.85. The van der Waals surface area contributed by atoms with Crippen LogP contribution in [0.1, 0.15) is 23.3 Å². The highest BCUT2D eigenvalue weighted by atomic mass is 16.3. The molecule has 1 saturated heterocycles. The first-order valence-electron chi connectivity index (χ1n) is 5.33. The van der Waals surface area contributed by atoms with Crippen LogP contribution in [-0.2, 0) is 0 Å². The molecule has 1 unspecified atom stereocenters. The van der Waals surface area contributed by atoms with Crippen molar-refractivity contribution < 1.29 is 9.90 Å². The number of aromatic amines is 1. The fourth-order valence-electron chi connectivity index (χ4n) is 1.88. The summed E-state index contributed by atoms with van der Waals surface area (Å²) in [6.45, 7) is 0.975. The van der Waals surface area contributed by atoms with Crippen LogP contribution in [0.15, 0.2) is 23.0 Å². The van der Waals surface area contributed by atoms with Crippen molar-refractivity contribution in [2.75, 3.05) is 13.1 Å². The molecule has 1 aromatic rings. The van der Waals surface area contributed by atoms with Crippen LogP contribution in [0, 0.1) is 0 Å². The number of nitrogens with zero attached hydrogens (tertiary/aromatic N) is 1. The lowest BCUT2D eigenvalue weighted by molar-refractivity contribution is 0.0468. The highest BCUT2D eigenvalue weighted by Gasteiger charge is 2.23. The van der Waals surface area contributed by atoms with Crippen molar-refractivity contribution in [3.05, 3.63) is 34.2 Å². The number of aliphatic hydroxyl groups excluding tert-OH is 1. The summed E-state index contributed by atoms with van der Waals surface area (Å²) in [7, 11) is 0. The van der Waals surface area contributed by atoms with Gasteiger partial charge in [-0.15, -0.1) is 0 Å². The van der Waals surface area contributed by atoms with Crippen LogP contribution >= 0.6 is 0 Å². The second-order valence-electron chi connectivity index (χ2n) is 3.98. The largest absolute Gasteiger partial charge is 0.391 e. The number of aromatic nitrogens is 1. The quantitative estimate of drug-likeness (QED) is 0.701. The normalized spacial score (nSPS) is 20.8. The lowest BCUT2D eigenvalue weighted by atomic mass is 10.1.